The second kappa shape index (κ2) is 5.70. The van der Waals surface area contributed by atoms with Crippen LogP contribution in [0.15, 0.2) is 42.7 Å². The monoisotopic (exact) mass is 264 g/mol. The van der Waals surface area contributed by atoms with Crippen molar-refractivity contribution in [3.63, 3.8) is 0 Å². The topological polar surface area (TPSA) is 52.8 Å². The molecule has 0 aliphatic carbocycles. The van der Waals surface area contributed by atoms with Crippen LogP contribution >= 0.6 is 0 Å². The Labute approximate surface area is 118 Å². The second-order valence-electron chi connectivity index (χ2n) is 5.16. The fourth-order valence-corrected chi connectivity index (χ4v) is 2.70. The molecule has 3 rings (SSSR count). The van der Waals surface area contributed by atoms with E-state index >= 15 is 0 Å². The van der Waals surface area contributed by atoms with E-state index in [-0.39, 0.29) is 0 Å². The van der Waals surface area contributed by atoms with E-state index in [0.29, 0.717) is 11.6 Å². The number of aromatic nitrogens is 2. The molecule has 1 saturated heterocycles. The van der Waals surface area contributed by atoms with Crippen molar-refractivity contribution in [2.75, 3.05) is 18.0 Å². The molecule has 0 N–H and O–H groups in total. The molecule has 1 aromatic heterocycles. The van der Waals surface area contributed by atoms with Gasteiger partial charge < -0.3 is 4.90 Å². The van der Waals surface area contributed by atoms with Crippen molar-refractivity contribution in [3.8, 4) is 6.07 Å². The van der Waals surface area contributed by atoms with Crippen molar-refractivity contribution >= 4 is 5.82 Å². The third kappa shape index (κ3) is 2.77. The Morgan fingerprint density at radius 3 is 2.75 bits per heavy atom. The SMILES string of the molecule is N#Cc1cnc(N2CCC(Cc3ccccc3)C2)cn1. The third-order valence-corrected chi connectivity index (χ3v) is 3.73. The molecule has 0 bridgehead atoms. The first kappa shape index (κ1) is 12.6. The lowest BCUT2D eigenvalue weighted by atomic mass is 9.99. The lowest BCUT2D eigenvalue weighted by Crippen LogP contribution is -2.21. The van der Waals surface area contributed by atoms with E-state index in [1.54, 1.807) is 12.4 Å². The highest BCUT2D eigenvalue weighted by atomic mass is 15.2. The molecule has 0 saturated carbocycles. The highest BCUT2D eigenvalue weighted by Crippen LogP contribution is 2.24. The van der Waals surface area contributed by atoms with E-state index in [1.165, 1.54) is 12.0 Å². The lowest BCUT2D eigenvalue weighted by molar-refractivity contribution is 0.586. The van der Waals surface area contributed by atoms with Gasteiger partial charge in [-0.1, -0.05) is 30.3 Å². The van der Waals surface area contributed by atoms with E-state index in [1.807, 2.05) is 6.07 Å². The Morgan fingerprint density at radius 1 is 1.20 bits per heavy atom. The van der Waals surface area contributed by atoms with Gasteiger partial charge in [-0.05, 0) is 24.3 Å². The normalized spacial score (nSPS) is 17.9. The van der Waals surface area contributed by atoms with Crippen molar-refractivity contribution in [3.05, 3.63) is 54.0 Å². The third-order valence-electron chi connectivity index (χ3n) is 3.73. The first-order valence-corrected chi connectivity index (χ1v) is 6.86. The minimum absolute atomic E-state index is 0.369. The lowest BCUT2D eigenvalue weighted by Gasteiger charge is -2.16. The predicted octanol–water partition coefficient (Wildman–Crippen LogP) is 2.42. The van der Waals surface area contributed by atoms with Gasteiger partial charge in [-0.25, -0.2) is 9.97 Å². The molecule has 2 heterocycles. The zero-order valence-electron chi connectivity index (χ0n) is 11.2. The molecule has 0 spiro atoms. The number of nitrogens with zero attached hydrogens (tertiary/aromatic N) is 4. The van der Waals surface area contributed by atoms with Gasteiger partial charge in [-0.3, -0.25) is 0 Å². The van der Waals surface area contributed by atoms with Crippen LogP contribution in [-0.2, 0) is 6.42 Å². The fraction of sp³-hybridized carbons (Fsp3) is 0.312. The Hall–Kier alpha value is -2.41. The Kier molecular flexibility index (Phi) is 3.60. The molecular weight excluding hydrogens is 248 g/mol. The van der Waals surface area contributed by atoms with Crippen molar-refractivity contribution in [1.82, 2.24) is 9.97 Å². The van der Waals surface area contributed by atoms with Gasteiger partial charge in [0.2, 0.25) is 0 Å². The van der Waals surface area contributed by atoms with Gasteiger partial charge in [0, 0.05) is 13.1 Å². The zero-order chi connectivity index (χ0) is 13.8. The first-order chi connectivity index (χ1) is 9.85. The zero-order valence-corrected chi connectivity index (χ0v) is 11.2. The molecule has 4 heteroatoms. The van der Waals surface area contributed by atoms with Gasteiger partial charge in [0.1, 0.15) is 11.9 Å². The van der Waals surface area contributed by atoms with Crippen LogP contribution in [-0.4, -0.2) is 23.1 Å². The number of nitriles is 1. The Balaban J connectivity index is 1.63. The predicted molar refractivity (Wildman–Crippen MR) is 77.2 cm³/mol. The second-order valence-corrected chi connectivity index (χ2v) is 5.16. The summed E-state index contributed by atoms with van der Waals surface area (Å²) < 4.78 is 0. The van der Waals surface area contributed by atoms with E-state index in [0.717, 1.165) is 25.3 Å². The molecule has 2 aromatic rings. The van der Waals surface area contributed by atoms with E-state index < -0.39 is 0 Å². The van der Waals surface area contributed by atoms with Crippen LogP contribution < -0.4 is 4.90 Å². The highest BCUT2D eigenvalue weighted by Gasteiger charge is 2.23. The molecule has 0 radical (unpaired) electrons. The van der Waals surface area contributed by atoms with Crippen LogP contribution in [0, 0.1) is 17.2 Å². The highest BCUT2D eigenvalue weighted by molar-refractivity contribution is 5.38. The summed E-state index contributed by atoms with van der Waals surface area (Å²) in [6.07, 6.45) is 5.53. The van der Waals surface area contributed by atoms with Crippen molar-refractivity contribution < 1.29 is 0 Å². The summed E-state index contributed by atoms with van der Waals surface area (Å²) in [7, 11) is 0. The van der Waals surface area contributed by atoms with E-state index in [4.69, 9.17) is 5.26 Å². The van der Waals surface area contributed by atoms with Gasteiger partial charge in [-0.2, -0.15) is 5.26 Å². The molecular formula is C16H16N4. The fourth-order valence-electron chi connectivity index (χ4n) is 2.70. The van der Waals surface area contributed by atoms with Crippen LogP contribution in [0.2, 0.25) is 0 Å². The van der Waals surface area contributed by atoms with Gasteiger partial charge >= 0.3 is 0 Å². The summed E-state index contributed by atoms with van der Waals surface area (Å²) in [6.45, 7) is 2.02. The summed E-state index contributed by atoms with van der Waals surface area (Å²) in [5.74, 6) is 1.54. The van der Waals surface area contributed by atoms with Gasteiger partial charge in [0.05, 0.1) is 12.4 Å². The van der Waals surface area contributed by atoms with Crippen LogP contribution in [0.1, 0.15) is 17.7 Å². The average Bonchev–Trinajstić information content (AvgIpc) is 2.97. The summed E-state index contributed by atoms with van der Waals surface area (Å²) >= 11 is 0. The molecule has 1 aromatic carbocycles. The molecule has 1 aliphatic heterocycles. The number of anilines is 1. The Morgan fingerprint density at radius 2 is 2.05 bits per heavy atom. The van der Waals surface area contributed by atoms with Gasteiger partial charge in [0.25, 0.3) is 0 Å². The summed E-state index contributed by atoms with van der Waals surface area (Å²) in [5.41, 5.74) is 1.76. The van der Waals surface area contributed by atoms with Crippen LogP contribution in [0.25, 0.3) is 0 Å². The number of hydrogen-bond acceptors (Lipinski definition) is 4. The maximum atomic E-state index is 8.73. The minimum atomic E-state index is 0.369. The Bertz CT molecular complexity index is 601. The van der Waals surface area contributed by atoms with Crippen molar-refractivity contribution in [1.29, 1.82) is 5.26 Å². The largest absolute Gasteiger partial charge is 0.355 e. The van der Waals surface area contributed by atoms with Crippen LogP contribution in [0.3, 0.4) is 0 Å². The molecule has 1 fully saturated rings. The quantitative estimate of drug-likeness (QED) is 0.854. The number of hydrogen-bond donors (Lipinski definition) is 0. The summed E-state index contributed by atoms with van der Waals surface area (Å²) in [6, 6.07) is 12.6. The summed E-state index contributed by atoms with van der Waals surface area (Å²) in [4.78, 5) is 10.7. The maximum Gasteiger partial charge on any atom is 0.158 e. The van der Waals surface area contributed by atoms with Gasteiger partial charge in [0.15, 0.2) is 5.69 Å². The molecule has 0 amide bonds. The molecule has 1 atom stereocenters. The number of benzene rings is 1. The minimum Gasteiger partial charge on any atom is -0.355 e. The van der Waals surface area contributed by atoms with E-state index in [9.17, 15) is 0 Å². The number of rotatable bonds is 3. The smallest absolute Gasteiger partial charge is 0.158 e. The molecule has 1 unspecified atom stereocenters. The van der Waals surface area contributed by atoms with Crippen LogP contribution in [0.4, 0.5) is 5.82 Å². The molecule has 100 valence electrons. The van der Waals surface area contributed by atoms with Crippen molar-refractivity contribution in [2.45, 2.75) is 12.8 Å². The molecule has 20 heavy (non-hydrogen) atoms. The summed E-state index contributed by atoms with van der Waals surface area (Å²) in [5, 5.41) is 8.73. The molecule has 4 nitrogen and oxygen atoms in total. The first-order valence-electron chi connectivity index (χ1n) is 6.86. The van der Waals surface area contributed by atoms with Crippen molar-refractivity contribution in [2.24, 2.45) is 5.92 Å². The average molecular weight is 264 g/mol. The van der Waals surface area contributed by atoms with Gasteiger partial charge in [-0.15, -0.1) is 0 Å². The standard InChI is InChI=1S/C16H16N4/c17-9-15-10-19-16(11-18-15)20-7-6-14(12-20)8-13-4-2-1-3-5-13/h1-5,10-11,14H,6-8,12H2. The van der Waals surface area contributed by atoms with E-state index in [2.05, 4.69) is 45.2 Å². The maximum absolute atomic E-state index is 8.73. The van der Waals surface area contributed by atoms with Crippen LogP contribution in [0.5, 0.6) is 0 Å². The molecule has 1 aliphatic rings.